The largest absolute Gasteiger partial charge is 0.394 e. The number of nitrogens with zero attached hydrogens (tertiary/aromatic N) is 1. The van der Waals surface area contributed by atoms with Gasteiger partial charge in [0, 0.05) is 18.3 Å². The van der Waals surface area contributed by atoms with E-state index in [1.807, 2.05) is 0 Å². The lowest BCUT2D eigenvalue weighted by Gasteiger charge is -2.44. The van der Waals surface area contributed by atoms with Crippen LogP contribution in [0.5, 0.6) is 0 Å². The third kappa shape index (κ3) is 3.55. The van der Waals surface area contributed by atoms with Crippen LogP contribution in [0.1, 0.15) is 12.5 Å². The SMILES string of the molecule is C=C(C)c1cc(Cl)c(Cl)cc1N(C)C1OC(CO)C(O)C(O)C1O. The molecule has 1 saturated heterocycles. The molecule has 1 aromatic rings. The molecule has 0 saturated carbocycles. The summed E-state index contributed by atoms with van der Waals surface area (Å²) >= 11 is 12.2. The summed E-state index contributed by atoms with van der Waals surface area (Å²) in [6, 6.07) is 3.26. The summed E-state index contributed by atoms with van der Waals surface area (Å²) in [4.78, 5) is 1.56. The Morgan fingerprint density at radius 2 is 1.75 bits per heavy atom. The maximum atomic E-state index is 10.3. The summed E-state index contributed by atoms with van der Waals surface area (Å²) in [7, 11) is 1.64. The van der Waals surface area contributed by atoms with Crippen LogP contribution >= 0.6 is 23.2 Å². The molecule has 0 aromatic heterocycles. The first-order valence-electron chi connectivity index (χ1n) is 7.37. The van der Waals surface area contributed by atoms with Gasteiger partial charge in [0.1, 0.15) is 24.4 Å². The molecule has 1 fully saturated rings. The number of anilines is 1. The molecule has 6 nitrogen and oxygen atoms in total. The van der Waals surface area contributed by atoms with Crippen LogP contribution < -0.4 is 4.90 Å². The van der Waals surface area contributed by atoms with Crippen LogP contribution in [-0.2, 0) is 4.74 Å². The molecule has 1 heterocycles. The average Bonchev–Trinajstić information content (AvgIpc) is 2.54. The summed E-state index contributed by atoms with van der Waals surface area (Å²) in [5.74, 6) is 0. The topological polar surface area (TPSA) is 93.4 Å². The smallest absolute Gasteiger partial charge is 0.159 e. The standard InChI is InChI=1S/C16H21Cl2NO5/c1-7(2)8-4-9(17)10(18)5-11(8)19(3)16-15(23)14(22)13(21)12(6-20)24-16/h4-5,12-16,20-23H,1,6H2,2-3H3. The van der Waals surface area contributed by atoms with E-state index in [4.69, 9.17) is 27.9 Å². The van der Waals surface area contributed by atoms with Crippen LogP contribution in [0.2, 0.25) is 10.0 Å². The molecule has 0 bridgehead atoms. The van der Waals surface area contributed by atoms with E-state index in [0.29, 0.717) is 21.3 Å². The van der Waals surface area contributed by atoms with Gasteiger partial charge in [-0.05, 0) is 24.6 Å². The molecule has 5 unspecified atom stereocenters. The first-order valence-corrected chi connectivity index (χ1v) is 8.12. The van der Waals surface area contributed by atoms with E-state index in [2.05, 4.69) is 6.58 Å². The minimum atomic E-state index is -1.46. The summed E-state index contributed by atoms with van der Waals surface area (Å²) in [5.41, 5.74) is 2.00. The van der Waals surface area contributed by atoms with E-state index < -0.39 is 37.3 Å². The zero-order chi connectivity index (χ0) is 18.2. The Morgan fingerprint density at radius 1 is 1.17 bits per heavy atom. The predicted molar refractivity (Wildman–Crippen MR) is 93.3 cm³/mol. The van der Waals surface area contributed by atoms with Crippen molar-refractivity contribution in [2.45, 2.75) is 37.6 Å². The van der Waals surface area contributed by atoms with Gasteiger partial charge in [-0.15, -0.1) is 0 Å². The Hall–Kier alpha value is -0.860. The Bertz CT molecular complexity index is 625. The van der Waals surface area contributed by atoms with E-state index in [9.17, 15) is 20.4 Å². The fourth-order valence-corrected chi connectivity index (χ4v) is 3.03. The highest BCUT2D eigenvalue weighted by Crippen LogP contribution is 2.36. The predicted octanol–water partition coefficient (Wildman–Crippen LogP) is 1.26. The number of aliphatic hydroxyl groups excluding tert-OH is 4. The molecule has 4 N–H and O–H groups in total. The molecule has 5 atom stereocenters. The average molecular weight is 378 g/mol. The van der Waals surface area contributed by atoms with Gasteiger partial charge in [-0.1, -0.05) is 29.8 Å². The molecule has 134 valence electrons. The van der Waals surface area contributed by atoms with Crippen LogP contribution in [-0.4, -0.2) is 64.7 Å². The Kier molecular flexibility index (Phi) is 6.14. The third-order valence-corrected chi connectivity index (χ3v) is 4.85. The number of hydrogen-bond donors (Lipinski definition) is 4. The number of aliphatic hydroxyl groups is 4. The van der Waals surface area contributed by atoms with Gasteiger partial charge in [0.05, 0.1) is 16.7 Å². The van der Waals surface area contributed by atoms with E-state index in [-0.39, 0.29) is 0 Å². The van der Waals surface area contributed by atoms with Crippen molar-refractivity contribution in [1.29, 1.82) is 0 Å². The van der Waals surface area contributed by atoms with Gasteiger partial charge < -0.3 is 30.1 Å². The van der Waals surface area contributed by atoms with Crippen molar-refractivity contribution in [3.8, 4) is 0 Å². The monoisotopic (exact) mass is 377 g/mol. The molecule has 2 rings (SSSR count). The molecule has 0 amide bonds. The number of halogens is 2. The van der Waals surface area contributed by atoms with Gasteiger partial charge in [0.15, 0.2) is 6.23 Å². The van der Waals surface area contributed by atoms with Crippen molar-refractivity contribution in [3.05, 3.63) is 34.3 Å². The Morgan fingerprint density at radius 3 is 2.29 bits per heavy atom. The van der Waals surface area contributed by atoms with Crippen molar-refractivity contribution < 1.29 is 25.2 Å². The molecule has 1 aliphatic heterocycles. The minimum Gasteiger partial charge on any atom is -0.394 e. The van der Waals surface area contributed by atoms with Crippen LogP contribution in [0.15, 0.2) is 18.7 Å². The third-order valence-electron chi connectivity index (χ3n) is 4.13. The summed E-state index contributed by atoms with van der Waals surface area (Å²) in [5, 5.41) is 40.1. The van der Waals surface area contributed by atoms with E-state index in [0.717, 1.165) is 5.57 Å². The maximum Gasteiger partial charge on any atom is 0.159 e. The molecule has 24 heavy (non-hydrogen) atoms. The van der Waals surface area contributed by atoms with Crippen LogP contribution in [0, 0.1) is 0 Å². The highest BCUT2D eigenvalue weighted by Gasteiger charge is 2.45. The fraction of sp³-hybridized carbons (Fsp3) is 0.500. The summed E-state index contributed by atoms with van der Waals surface area (Å²) in [6.07, 6.45) is -6.26. The lowest BCUT2D eigenvalue weighted by Crippen LogP contribution is -2.62. The minimum absolute atomic E-state index is 0.313. The van der Waals surface area contributed by atoms with E-state index in [1.165, 1.54) is 0 Å². The van der Waals surface area contributed by atoms with Crippen LogP contribution in [0.4, 0.5) is 5.69 Å². The molecule has 8 heteroatoms. The lowest BCUT2D eigenvalue weighted by atomic mass is 9.97. The van der Waals surface area contributed by atoms with Crippen molar-refractivity contribution in [2.24, 2.45) is 0 Å². The molecule has 1 aromatic carbocycles. The molecule has 0 aliphatic carbocycles. The Balaban J connectivity index is 2.42. The Labute approximate surface area is 150 Å². The number of ether oxygens (including phenoxy) is 1. The second-order valence-electron chi connectivity index (χ2n) is 5.89. The van der Waals surface area contributed by atoms with Crippen molar-refractivity contribution >= 4 is 34.5 Å². The first kappa shape index (κ1) is 19.5. The van der Waals surface area contributed by atoms with E-state index >= 15 is 0 Å². The van der Waals surface area contributed by atoms with Gasteiger partial charge >= 0.3 is 0 Å². The maximum absolute atomic E-state index is 10.3. The molecular weight excluding hydrogens is 357 g/mol. The van der Waals surface area contributed by atoms with Crippen molar-refractivity contribution in [2.75, 3.05) is 18.6 Å². The number of likely N-dealkylation sites (N-methyl/N-ethyl adjacent to an activating group) is 1. The second-order valence-corrected chi connectivity index (χ2v) is 6.71. The molecule has 0 radical (unpaired) electrons. The molecular formula is C16H21Cl2NO5. The zero-order valence-electron chi connectivity index (χ0n) is 13.4. The zero-order valence-corrected chi connectivity index (χ0v) is 14.9. The van der Waals surface area contributed by atoms with Crippen molar-refractivity contribution in [1.82, 2.24) is 0 Å². The highest BCUT2D eigenvalue weighted by atomic mass is 35.5. The summed E-state index contributed by atoms with van der Waals surface area (Å²) in [6.45, 7) is 5.20. The number of benzene rings is 1. The summed E-state index contributed by atoms with van der Waals surface area (Å²) < 4.78 is 5.56. The van der Waals surface area contributed by atoms with Gasteiger partial charge in [-0.2, -0.15) is 0 Å². The normalized spacial score (nSPS) is 30.2. The first-order chi connectivity index (χ1) is 11.2. The quantitative estimate of drug-likeness (QED) is 0.631. The van der Waals surface area contributed by atoms with E-state index in [1.54, 1.807) is 31.0 Å². The number of rotatable bonds is 4. The van der Waals surface area contributed by atoms with Gasteiger partial charge in [-0.3, -0.25) is 0 Å². The fourth-order valence-electron chi connectivity index (χ4n) is 2.71. The second kappa shape index (κ2) is 7.58. The van der Waals surface area contributed by atoms with Gasteiger partial charge in [0.2, 0.25) is 0 Å². The van der Waals surface area contributed by atoms with Gasteiger partial charge in [-0.25, -0.2) is 0 Å². The molecule has 0 spiro atoms. The number of hydrogen-bond acceptors (Lipinski definition) is 6. The van der Waals surface area contributed by atoms with Crippen molar-refractivity contribution in [3.63, 3.8) is 0 Å². The highest BCUT2D eigenvalue weighted by molar-refractivity contribution is 6.42. The lowest BCUT2D eigenvalue weighted by molar-refractivity contribution is -0.227. The van der Waals surface area contributed by atoms with Crippen LogP contribution in [0.3, 0.4) is 0 Å². The van der Waals surface area contributed by atoms with Gasteiger partial charge in [0.25, 0.3) is 0 Å². The van der Waals surface area contributed by atoms with Crippen LogP contribution in [0.25, 0.3) is 5.57 Å². The number of allylic oxidation sites excluding steroid dienone is 1. The molecule has 1 aliphatic rings.